The minimum absolute atomic E-state index is 0.0473. The molecule has 2 amide bonds. The van der Waals surface area contributed by atoms with E-state index >= 15 is 0 Å². The predicted octanol–water partition coefficient (Wildman–Crippen LogP) is 3.48. The van der Waals surface area contributed by atoms with Gasteiger partial charge in [0.1, 0.15) is 17.1 Å². The number of hydrogen-bond acceptors (Lipinski definition) is 4. The largest absolute Gasteiger partial charge is 0.364 e. The van der Waals surface area contributed by atoms with E-state index in [4.69, 9.17) is 5.73 Å². The molecule has 11 heteroatoms. The van der Waals surface area contributed by atoms with Gasteiger partial charge in [0.25, 0.3) is 17.7 Å². The molecule has 2 heterocycles. The lowest BCUT2D eigenvalue weighted by Gasteiger charge is -2.14. The smallest absolute Gasteiger partial charge is 0.289 e. The molecule has 162 valence electrons. The first kappa shape index (κ1) is 21.7. The Balaban J connectivity index is 1.93. The number of primary amides is 1. The zero-order chi connectivity index (χ0) is 22.3. The lowest BCUT2D eigenvalue weighted by Crippen LogP contribution is -2.22. The number of nitrogens with two attached hydrogens (primary N) is 1. The van der Waals surface area contributed by atoms with Crippen molar-refractivity contribution < 1.29 is 27.2 Å². The fourth-order valence-electron chi connectivity index (χ4n) is 3.66. The fraction of sp³-hybridized carbons (Fsp3) is 0.474. The quantitative estimate of drug-likeness (QED) is 0.689. The zero-order valence-corrected chi connectivity index (χ0v) is 16.4. The van der Waals surface area contributed by atoms with Gasteiger partial charge < -0.3 is 11.1 Å². The number of hydrogen-bond donors (Lipinski definition) is 2. The molecule has 3 N–H and O–H groups in total. The SMILES string of the molecule is Cc1c(C(C)(F)F)nn(C[C@H]2CCC(F)(F)C2)c1C(=O)Nc1ccnc(C(N)=O)c1. The molecular formula is C19H21F4N5O2. The van der Waals surface area contributed by atoms with E-state index in [1.165, 1.54) is 25.3 Å². The van der Waals surface area contributed by atoms with Gasteiger partial charge in [-0.25, -0.2) is 8.78 Å². The van der Waals surface area contributed by atoms with Gasteiger partial charge in [0.05, 0.1) is 0 Å². The molecule has 0 unspecified atom stereocenters. The maximum Gasteiger partial charge on any atom is 0.289 e. The average Bonchev–Trinajstić information content (AvgIpc) is 3.14. The normalized spacial score (nSPS) is 18.4. The third kappa shape index (κ3) is 4.60. The summed E-state index contributed by atoms with van der Waals surface area (Å²) in [5, 5.41) is 6.38. The van der Waals surface area contributed by atoms with Crippen LogP contribution in [0.5, 0.6) is 0 Å². The summed E-state index contributed by atoms with van der Waals surface area (Å²) in [6.45, 7) is 1.90. The van der Waals surface area contributed by atoms with Gasteiger partial charge in [-0.3, -0.25) is 19.3 Å². The zero-order valence-electron chi connectivity index (χ0n) is 16.4. The second-order valence-corrected chi connectivity index (χ2v) is 7.61. The van der Waals surface area contributed by atoms with Crippen molar-refractivity contribution in [2.75, 3.05) is 5.32 Å². The van der Waals surface area contributed by atoms with E-state index in [1.807, 2.05) is 0 Å². The van der Waals surface area contributed by atoms with Gasteiger partial charge in [-0.2, -0.15) is 13.9 Å². The summed E-state index contributed by atoms with van der Waals surface area (Å²) in [5.41, 5.74) is 4.45. The van der Waals surface area contributed by atoms with E-state index in [-0.39, 0.29) is 42.0 Å². The molecule has 1 saturated carbocycles. The van der Waals surface area contributed by atoms with Crippen molar-refractivity contribution in [2.45, 2.75) is 51.5 Å². The van der Waals surface area contributed by atoms with Crippen molar-refractivity contribution in [3.63, 3.8) is 0 Å². The van der Waals surface area contributed by atoms with Crippen molar-refractivity contribution in [2.24, 2.45) is 11.7 Å². The van der Waals surface area contributed by atoms with Crippen LogP contribution < -0.4 is 11.1 Å². The fourth-order valence-corrected chi connectivity index (χ4v) is 3.66. The Hall–Kier alpha value is -2.98. The minimum atomic E-state index is -3.32. The summed E-state index contributed by atoms with van der Waals surface area (Å²) in [4.78, 5) is 27.9. The predicted molar refractivity (Wildman–Crippen MR) is 99.5 cm³/mol. The molecule has 0 spiro atoms. The Labute approximate surface area is 169 Å². The van der Waals surface area contributed by atoms with E-state index in [0.29, 0.717) is 6.92 Å². The third-order valence-electron chi connectivity index (χ3n) is 5.03. The number of nitrogens with one attached hydrogen (secondary N) is 1. The first-order chi connectivity index (χ1) is 13.9. The second-order valence-electron chi connectivity index (χ2n) is 7.61. The van der Waals surface area contributed by atoms with E-state index in [2.05, 4.69) is 15.4 Å². The van der Waals surface area contributed by atoms with Crippen LogP contribution in [0.15, 0.2) is 18.3 Å². The number of carbonyl (C=O) groups excluding carboxylic acids is 2. The number of pyridine rings is 1. The Morgan fingerprint density at radius 3 is 2.67 bits per heavy atom. The Morgan fingerprint density at radius 1 is 1.40 bits per heavy atom. The van der Waals surface area contributed by atoms with Gasteiger partial charge >= 0.3 is 0 Å². The first-order valence-electron chi connectivity index (χ1n) is 9.28. The summed E-state index contributed by atoms with van der Waals surface area (Å²) in [7, 11) is 0. The highest BCUT2D eigenvalue weighted by atomic mass is 19.3. The Bertz CT molecular complexity index is 984. The minimum Gasteiger partial charge on any atom is -0.364 e. The van der Waals surface area contributed by atoms with Gasteiger partial charge in [0.15, 0.2) is 0 Å². The van der Waals surface area contributed by atoms with Crippen LogP contribution >= 0.6 is 0 Å². The van der Waals surface area contributed by atoms with Crippen molar-refractivity contribution in [3.05, 3.63) is 41.0 Å². The lowest BCUT2D eigenvalue weighted by molar-refractivity contribution is 0.00345. The highest BCUT2D eigenvalue weighted by Gasteiger charge is 2.41. The summed E-state index contributed by atoms with van der Waals surface area (Å²) in [6.07, 6.45) is 0.781. The van der Waals surface area contributed by atoms with Crippen LogP contribution in [0, 0.1) is 12.8 Å². The molecule has 1 atom stereocenters. The summed E-state index contributed by atoms with van der Waals surface area (Å²) < 4.78 is 56.1. The molecule has 0 radical (unpaired) electrons. The number of aromatic nitrogens is 3. The summed E-state index contributed by atoms with van der Waals surface area (Å²) in [6, 6.07) is 2.64. The van der Waals surface area contributed by atoms with Crippen LogP contribution in [0.25, 0.3) is 0 Å². The van der Waals surface area contributed by atoms with Gasteiger partial charge in [-0.1, -0.05) is 0 Å². The van der Waals surface area contributed by atoms with Crippen molar-refractivity contribution in [1.82, 2.24) is 14.8 Å². The molecule has 1 fully saturated rings. The molecule has 3 rings (SSSR count). The number of carbonyl (C=O) groups is 2. The number of anilines is 1. The summed E-state index contributed by atoms with van der Waals surface area (Å²) >= 11 is 0. The van der Waals surface area contributed by atoms with Crippen LogP contribution in [-0.4, -0.2) is 32.5 Å². The van der Waals surface area contributed by atoms with Crippen LogP contribution in [0.2, 0.25) is 0 Å². The molecule has 1 aliphatic rings. The molecule has 1 aliphatic carbocycles. The van der Waals surface area contributed by atoms with Crippen molar-refractivity contribution >= 4 is 17.5 Å². The highest BCUT2D eigenvalue weighted by molar-refractivity contribution is 6.04. The third-order valence-corrected chi connectivity index (χ3v) is 5.03. The number of alkyl halides is 4. The van der Waals surface area contributed by atoms with E-state index < -0.39 is 41.7 Å². The van der Waals surface area contributed by atoms with E-state index in [9.17, 15) is 27.2 Å². The topological polar surface area (TPSA) is 103 Å². The standard InChI is InChI=1S/C19H21F4N5O2/c1-10-14(17(30)26-12-4-6-25-13(7-12)16(24)29)28(27-15(10)18(2,20)21)9-11-3-5-19(22,23)8-11/h4,6-7,11H,3,5,8-9H2,1-2H3,(H2,24,29)(H,25,26,30)/t11-/m0/s1. The average molecular weight is 427 g/mol. The maximum atomic E-state index is 14.0. The number of amides is 2. The highest BCUT2D eigenvalue weighted by Crippen LogP contribution is 2.40. The summed E-state index contributed by atoms with van der Waals surface area (Å²) in [5.74, 6) is -8.19. The van der Waals surface area contributed by atoms with Crippen molar-refractivity contribution in [1.29, 1.82) is 0 Å². The first-order valence-corrected chi connectivity index (χ1v) is 9.28. The number of halogens is 4. The van der Waals surface area contributed by atoms with Gasteiger partial charge in [-0.15, -0.1) is 0 Å². The molecule has 2 aromatic rings. The van der Waals surface area contributed by atoms with Crippen molar-refractivity contribution in [3.8, 4) is 0 Å². The van der Waals surface area contributed by atoms with Crippen LogP contribution in [0.3, 0.4) is 0 Å². The van der Waals surface area contributed by atoms with Gasteiger partial charge in [0.2, 0.25) is 5.92 Å². The number of rotatable bonds is 6. The van der Waals surface area contributed by atoms with E-state index in [1.54, 1.807) is 0 Å². The Morgan fingerprint density at radius 2 is 2.10 bits per heavy atom. The lowest BCUT2D eigenvalue weighted by atomic mass is 10.1. The van der Waals surface area contributed by atoms with Gasteiger partial charge in [0, 0.05) is 43.8 Å². The second kappa shape index (κ2) is 7.69. The molecular weight excluding hydrogens is 406 g/mol. The Kier molecular flexibility index (Phi) is 5.57. The maximum absolute atomic E-state index is 14.0. The van der Waals surface area contributed by atoms with E-state index in [0.717, 1.165) is 4.68 Å². The molecule has 0 aliphatic heterocycles. The van der Waals surface area contributed by atoms with Crippen LogP contribution in [-0.2, 0) is 12.5 Å². The van der Waals surface area contributed by atoms with Crippen LogP contribution in [0.4, 0.5) is 23.2 Å². The number of nitrogens with zero attached hydrogens (tertiary/aromatic N) is 3. The van der Waals surface area contributed by atoms with Crippen LogP contribution in [0.1, 0.15) is 58.4 Å². The molecule has 2 aromatic heterocycles. The molecule has 0 bridgehead atoms. The van der Waals surface area contributed by atoms with Gasteiger partial charge in [-0.05, 0) is 31.4 Å². The molecule has 7 nitrogen and oxygen atoms in total. The molecule has 0 saturated heterocycles. The molecule has 30 heavy (non-hydrogen) atoms. The molecule has 0 aromatic carbocycles. The monoisotopic (exact) mass is 427 g/mol.